The Morgan fingerprint density at radius 2 is 1.59 bits per heavy atom. The first-order valence-electron chi connectivity index (χ1n) is 11.9. The maximum Gasteiger partial charge on any atom is 0.416 e. The minimum Gasteiger partial charge on any atom is -0.444 e. The molecule has 1 aromatic rings. The van der Waals surface area contributed by atoms with Crippen LogP contribution in [-0.2, 0) is 9.47 Å². The molecule has 178 valence electrons. The molecule has 1 atom stereocenters. The number of pyridine rings is 1. The van der Waals surface area contributed by atoms with Crippen molar-refractivity contribution in [2.75, 3.05) is 11.4 Å². The van der Waals surface area contributed by atoms with E-state index in [0.29, 0.717) is 12.4 Å². The van der Waals surface area contributed by atoms with Gasteiger partial charge in [0.05, 0.1) is 6.04 Å². The molecule has 7 nitrogen and oxygen atoms in total. The maximum atomic E-state index is 13.1. The zero-order valence-corrected chi connectivity index (χ0v) is 20.5. The van der Waals surface area contributed by atoms with Crippen LogP contribution in [0.3, 0.4) is 0 Å². The molecular formula is C25H39N3O4. The topological polar surface area (TPSA) is 72.0 Å². The SMILES string of the molecule is CC(C)(C)OC(=O)N1CCCC1c1ccc(N(C(=O)OC(C)(C)C)C2CCCCC2)nc1. The Hall–Kier alpha value is -2.31. The fraction of sp³-hybridized carbons (Fsp3) is 0.720. The van der Waals surface area contributed by atoms with E-state index in [1.807, 2.05) is 53.7 Å². The number of hydrogen-bond acceptors (Lipinski definition) is 5. The van der Waals surface area contributed by atoms with E-state index in [9.17, 15) is 9.59 Å². The highest BCUT2D eigenvalue weighted by molar-refractivity contribution is 5.87. The fourth-order valence-electron chi connectivity index (χ4n) is 4.47. The van der Waals surface area contributed by atoms with Crippen molar-refractivity contribution < 1.29 is 19.1 Å². The van der Waals surface area contributed by atoms with Crippen LogP contribution >= 0.6 is 0 Å². The normalized spacial score (nSPS) is 20.2. The van der Waals surface area contributed by atoms with Gasteiger partial charge in [0, 0.05) is 18.8 Å². The summed E-state index contributed by atoms with van der Waals surface area (Å²) in [5.74, 6) is 0.608. The van der Waals surface area contributed by atoms with Gasteiger partial charge >= 0.3 is 12.2 Å². The summed E-state index contributed by atoms with van der Waals surface area (Å²) in [7, 11) is 0. The van der Waals surface area contributed by atoms with Crippen LogP contribution < -0.4 is 4.90 Å². The molecule has 7 heteroatoms. The lowest BCUT2D eigenvalue weighted by Crippen LogP contribution is -2.45. The Labute approximate surface area is 192 Å². The van der Waals surface area contributed by atoms with Gasteiger partial charge in [-0.2, -0.15) is 0 Å². The lowest BCUT2D eigenvalue weighted by Gasteiger charge is -2.35. The van der Waals surface area contributed by atoms with Crippen molar-refractivity contribution >= 4 is 18.0 Å². The fourth-order valence-corrected chi connectivity index (χ4v) is 4.47. The largest absolute Gasteiger partial charge is 0.444 e. The molecular weight excluding hydrogens is 406 g/mol. The van der Waals surface area contributed by atoms with E-state index < -0.39 is 11.2 Å². The zero-order valence-electron chi connectivity index (χ0n) is 20.5. The third kappa shape index (κ3) is 6.36. The monoisotopic (exact) mass is 445 g/mol. The van der Waals surface area contributed by atoms with Crippen molar-refractivity contribution in [2.45, 2.75) is 110 Å². The molecule has 32 heavy (non-hydrogen) atoms. The zero-order chi connectivity index (χ0) is 23.5. The Bertz CT molecular complexity index is 789. The molecule has 2 amide bonds. The van der Waals surface area contributed by atoms with E-state index in [0.717, 1.165) is 44.1 Å². The Balaban J connectivity index is 1.80. The van der Waals surface area contributed by atoms with Crippen LogP contribution in [0, 0.1) is 0 Å². The van der Waals surface area contributed by atoms with E-state index in [-0.39, 0.29) is 24.3 Å². The maximum absolute atomic E-state index is 13.1. The summed E-state index contributed by atoms with van der Waals surface area (Å²) in [4.78, 5) is 33.9. The molecule has 2 heterocycles. The van der Waals surface area contributed by atoms with Gasteiger partial charge in [0.2, 0.25) is 0 Å². The van der Waals surface area contributed by atoms with Gasteiger partial charge < -0.3 is 14.4 Å². The predicted octanol–water partition coefficient (Wildman–Crippen LogP) is 6.23. The first-order valence-corrected chi connectivity index (χ1v) is 11.9. The summed E-state index contributed by atoms with van der Waals surface area (Å²) < 4.78 is 11.3. The molecule has 0 spiro atoms. The molecule has 0 radical (unpaired) electrons. The summed E-state index contributed by atoms with van der Waals surface area (Å²) in [5, 5.41) is 0. The highest BCUT2D eigenvalue weighted by atomic mass is 16.6. The van der Waals surface area contributed by atoms with Gasteiger partial charge in [0.1, 0.15) is 17.0 Å². The summed E-state index contributed by atoms with van der Waals surface area (Å²) in [6.07, 6.45) is 8.29. The number of carbonyl (C=O) groups excluding carboxylic acids is 2. The van der Waals surface area contributed by atoms with Gasteiger partial charge in [-0.25, -0.2) is 14.6 Å². The Morgan fingerprint density at radius 1 is 0.938 bits per heavy atom. The first-order chi connectivity index (χ1) is 14.9. The second-order valence-corrected chi connectivity index (χ2v) is 10.9. The van der Waals surface area contributed by atoms with E-state index in [1.165, 1.54) is 6.42 Å². The number of amides is 2. The molecule has 1 unspecified atom stereocenters. The second-order valence-electron chi connectivity index (χ2n) is 10.9. The average molecular weight is 446 g/mol. The Kier molecular flexibility index (Phi) is 7.36. The van der Waals surface area contributed by atoms with Crippen LogP contribution in [0.25, 0.3) is 0 Å². The summed E-state index contributed by atoms with van der Waals surface area (Å²) in [5.41, 5.74) is -0.132. The molecule has 1 saturated carbocycles. The highest BCUT2D eigenvalue weighted by Crippen LogP contribution is 2.34. The number of aromatic nitrogens is 1. The van der Waals surface area contributed by atoms with Crippen LogP contribution in [0.1, 0.15) is 98.1 Å². The average Bonchev–Trinajstić information content (AvgIpc) is 3.17. The summed E-state index contributed by atoms with van der Waals surface area (Å²) in [6, 6.07) is 3.91. The van der Waals surface area contributed by atoms with Gasteiger partial charge in [0.15, 0.2) is 0 Å². The van der Waals surface area contributed by atoms with E-state index in [4.69, 9.17) is 9.47 Å². The molecule has 0 bridgehead atoms. The third-order valence-electron chi connectivity index (χ3n) is 5.81. The van der Waals surface area contributed by atoms with Crippen LogP contribution in [-0.4, -0.2) is 45.9 Å². The van der Waals surface area contributed by atoms with Crippen molar-refractivity contribution in [1.29, 1.82) is 0 Å². The standard InChI is InChI=1S/C25H39N3O4/c1-24(2,3)31-22(29)27-16-10-13-20(27)18-14-15-21(26-17-18)28(19-11-8-7-9-12-19)23(30)32-25(4,5)6/h14-15,17,19-20H,7-13,16H2,1-6H3. The van der Waals surface area contributed by atoms with Crippen LogP contribution in [0.2, 0.25) is 0 Å². The molecule has 0 N–H and O–H groups in total. The lowest BCUT2D eigenvalue weighted by molar-refractivity contribution is 0.0224. The third-order valence-corrected chi connectivity index (χ3v) is 5.81. The number of hydrogen-bond donors (Lipinski definition) is 0. The molecule has 2 aliphatic rings. The van der Waals surface area contributed by atoms with Gasteiger partial charge in [0.25, 0.3) is 0 Å². The summed E-state index contributed by atoms with van der Waals surface area (Å²) >= 11 is 0. The number of nitrogens with zero attached hydrogens (tertiary/aromatic N) is 3. The van der Waals surface area contributed by atoms with Crippen molar-refractivity contribution in [3.8, 4) is 0 Å². The lowest BCUT2D eigenvalue weighted by atomic mass is 9.94. The van der Waals surface area contributed by atoms with E-state index in [2.05, 4.69) is 4.98 Å². The van der Waals surface area contributed by atoms with Crippen LogP contribution in [0.15, 0.2) is 18.3 Å². The van der Waals surface area contributed by atoms with Crippen molar-refractivity contribution in [3.05, 3.63) is 23.9 Å². The van der Waals surface area contributed by atoms with Gasteiger partial charge in [-0.3, -0.25) is 4.90 Å². The predicted molar refractivity (Wildman–Crippen MR) is 125 cm³/mol. The molecule has 0 aromatic carbocycles. The molecule has 1 aromatic heterocycles. The van der Waals surface area contributed by atoms with E-state index >= 15 is 0 Å². The van der Waals surface area contributed by atoms with Crippen LogP contribution in [0.5, 0.6) is 0 Å². The van der Waals surface area contributed by atoms with Crippen LogP contribution in [0.4, 0.5) is 15.4 Å². The van der Waals surface area contributed by atoms with Gasteiger partial charge in [-0.1, -0.05) is 25.3 Å². The van der Waals surface area contributed by atoms with E-state index in [1.54, 1.807) is 16.0 Å². The second kappa shape index (κ2) is 9.67. The minimum atomic E-state index is -0.568. The Morgan fingerprint density at radius 3 is 2.16 bits per heavy atom. The van der Waals surface area contributed by atoms with Crippen molar-refractivity contribution in [1.82, 2.24) is 9.88 Å². The summed E-state index contributed by atoms with van der Waals surface area (Å²) in [6.45, 7) is 11.9. The quantitative estimate of drug-likeness (QED) is 0.552. The number of ether oxygens (including phenoxy) is 2. The molecule has 3 rings (SSSR count). The van der Waals surface area contributed by atoms with Gasteiger partial charge in [-0.05, 0) is 78.9 Å². The molecule has 2 fully saturated rings. The molecule has 1 saturated heterocycles. The minimum absolute atomic E-state index is 0.0592. The number of carbonyl (C=O) groups is 2. The van der Waals surface area contributed by atoms with Crippen molar-refractivity contribution in [3.63, 3.8) is 0 Å². The number of anilines is 1. The highest BCUT2D eigenvalue weighted by Gasteiger charge is 2.35. The first kappa shape index (κ1) is 24.3. The number of likely N-dealkylation sites (tertiary alicyclic amines) is 1. The van der Waals surface area contributed by atoms with Gasteiger partial charge in [-0.15, -0.1) is 0 Å². The van der Waals surface area contributed by atoms with Crippen molar-refractivity contribution in [2.24, 2.45) is 0 Å². The molecule has 1 aliphatic heterocycles. The number of rotatable bonds is 3. The molecule has 1 aliphatic carbocycles. The smallest absolute Gasteiger partial charge is 0.416 e.